The number of nitrogen functional groups attached to an aromatic ring is 1. The highest BCUT2D eigenvalue weighted by atomic mass is 32.2. The van der Waals surface area contributed by atoms with Gasteiger partial charge in [-0.3, -0.25) is 14.5 Å². The molecule has 39 heavy (non-hydrogen) atoms. The molecule has 3 aromatic heterocycles. The maximum atomic E-state index is 13.2. The van der Waals surface area contributed by atoms with Gasteiger partial charge in [-0.25, -0.2) is 14.3 Å². The summed E-state index contributed by atoms with van der Waals surface area (Å²) in [5, 5.41) is 17.8. The lowest BCUT2D eigenvalue weighted by Gasteiger charge is -2.49. The summed E-state index contributed by atoms with van der Waals surface area (Å²) >= 11 is 2.54. The molecule has 3 aromatic rings. The van der Waals surface area contributed by atoms with Crippen molar-refractivity contribution in [3.63, 3.8) is 0 Å². The number of carbonyl (C=O) groups excluding carboxylic acids is 2. The molecule has 0 spiro atoms. The Hall–Kier alpha value is -3.95. The van der Waals surface area contributed by atoms with Gasteiger partial charge in [0.05, 0.1) is 12.7 Å². The van der Waals surface area contributed by atoms with Gasteiger partial charge in [0.15, 0.2) is 16.5 Å². The van der Waals surface area contributed by atoms with Crippen LogP contribution >= 0.6 is 23.1 Å². The lowest BCUT2D eigenvalue weighted by molar-refractivity contribution is -0.662. The van der Waals surface area contributed by atoms with E-state index in [1.807, 2.05) is 49.3 Å². The van der Waals surface area contributed by atoms with Crippen LogP contribution in [0.2, 0.25) is 0 Å². The number of amides is 2. The van der Waals surface area contributed by atoms with E-state index in [0.717, 1.165) is 22.7 Å². The maximum absolute atomic E-state index is 13.2. The summed E-state index contributed by atoms with van der Waals surface area (Å²) in [6.45, 7) is 1.01. The number of thiazole rings is 1. The molecule has 0 aromatic carbocycles. The first-order chi connectivity index (χ1) is 18.7. The SMILES string of the molecule is CON=C(C(=O)N[C@@H]1C(=O)N2C(C(=O)O)=C(C[n+]3cc(CN(C)C)n4ccccc43)CS[C@@H]12)c1csc(N)n1. The standard InChI is InChI=1S/C24H26N8O5S2/c1-29(2)9-14-10-30(16-6-4-5-7-31(14)16)8-13-11-38-22-18(21(34)32(22)19(13)23(35)36)27-20(33)17(28-37-3)15-12-39-24(25)26-15/h4-7,10,12,18,22H,8-9,11H2,1-3H3,(H3-,25,26,27,33,35,36)/p+1/t18-,22+/m1/s1. The molecule has 2 amide bonds. The molecular formula is C24H27N8O5S2+. The number of hydrogen-bond donors (Lipinski definition) is 3. The molecule has 1 saturated heterocycles. The lowest BCUT2D eigenvalue weighted by Crippen LogP contribution is -2.71. The molecular weight excluding hydrogens is 544 g/mol. The van der Waals surface area contributed by atoms with Crippen molar-refractivity contribution < 1.29 is 28.9 Å². The molecule has 2 aliphatic rings. The highest BCUT2D eigenvalue weighted by Gasteiger charge is 2.54. The number of anilines is 1. The number of nitrogens with one attached hydrogen (secondary N) is 1. The average molecular weight is 572 g/mol. The molecule has 0 unspecified atom stereocenters. The number of aliphatic carboxylic acids is 1. The number of oxime groups is 1. The smallest absolute Gasteiger partial charge is 0.352 e. The number of pyridine rings is 1. The minimum Gasteiger partial charge on any atom is -0.477 e. The molecule has 0 aliphatic carbocycles. The fourth-order valence-corrected chi connectivity index (χ4v) is 6.58. The molecule has 1 fully saturated rings. The zero-order chi connectivity index (χ0) is 27.8. The number of rotatable bonds is 9. The monoisotopic (exact) mass is 571 g/mol. The highest BCUT2D eigenvalue weighted by Crippen LogP contribution is 2.40. The third-order valence-corrected chi connectivity index (χ3v) is 8.30. The number of nitrogens with zero attached hydrogens (tertiary/aromatic N) is 6. The van der Waals surface area contributed by atoms with Gasteiger partial charge < -0.3 is 25.9 Å². The number of carboxylic acid groups (broad SMARTS) is 1. The summed E-state index contributed by atoms with van der Waals surface area (Å²) < 4.78 is 4.06. The number of hydrogen-bond acceptors (Lipinski definition) is 10. The Morgan fingerprint density at radius 2 is 2.18 bits per heavy atom. The van der Waals surface area contributed by atoms with E-state index in [1.54, 1.807) is 5.38 Å². The Bertz CT molecular complexity index is 1530. The van der Waals surface area contributed by atoms with E-state index in [9.17, 15) is 19.5 Å². The first-order valence-electron chi connectivity index (χ1n) is 11.9. The molecule has 0 bridgehead atoms. The van der Waals surface area contributed by atoms with Crippen LogP contribution in [0, 0.1) is 0 Å². The van der Waals surface area contributed by atoms with Gasteiger partial charge in [-0.15, -0.1) is 23.1 Å². The summed E-state index contributed by atoms with van der Waals surface area (Å²) in [5.74, 6) is -1.99. The average Bonchev–Trinajstić information content (AvgIpc) is 3.48. The Morgan fingerprint density at radius 1 is 1.38 bits per heavy atom. The number of fused-ring (bicyclic) bond motifs is 2. The van der Waals surface area contributed by atoms with Crippen LogP contribution in [-0.4, -0.2) is 86.2 Å². The molecule has 204 valence electrons. The minimum absolute atomic E-state index is 0.0516. The van der Waals surface area contributed by atoms with E-state index < -0.39 is 29.2 Å². The Balaban J connectivity index is 1.39. The summed E-state index contributed by atoms with van der Waals surface area (Å²) in [7, 11) is 5.26. The van der Waals surface area contributed by atoms with Crippen molar-refractivity contribution in [3.8, 4) is 0 Å². The molecule has 2 aliphatic heterocycles. The number of carboxylic acids is 1. The van der Waals surface area contributed by atoms with E-state index in [-0.39, 0.29) is 22.2 Å². The largest absolute Gasteiger partial charge is 0.477 e. The van der Waals surface area contributed by atoms with Gasteiger partial charge in [-0.05, 0) is 20.2 Å². The van der Waals surface area contributed by atoms with E-state index >= 15 is 0 Å². The minimum atomic E-state index is -1.19. The van der Waals surface area contributed by atoms with Crippen LogP contribution in [0.1, 0.15) is 11.4 Å². The van der Waals surface area contributed by atoms with E-state index in [1.165, 1.54) is 23.8 Å². The van der Waals surface area contributed by atoms with Crippen LogP contribution in [-0.2, 0) is 32.3 Å². The molecule has 0 saturated carbocycles. The molecule has 13 nitrogen and oxygen atoms in total. The van der Waals surface area contributed by atoms with Crippen molar-refractivity contribution in [2.24, 2.45) is 5.16 Å². The van der Waals surface area contributed by atoms with Gasteiger partial charge in [0, 0.05) is 22.8 Å². The number of imidazole rings is 1. The second kappa shape index (κ2) is 10.7. The Labute approximate surface area is 231 Å². The van der Waals surface area contributed by atoms with E-state index in [2.05, 4.69) is 24.8 Å². The first kappa shape index (κ1) is 26.6. The predicted octanol–water partition coefficient (Wildman–Crippen LogP) is 0.116. The molecule has 15 heteroatoms. The number of nitrogens with two attached hydrogens (primary N) is 1. The quantitative estimate of drug-likeness (QED) is 0.140. The van der Waals surface area contributed by atoms with Crippen molar-refractivity contribution in [3.05, 3.63) is 58.6 Å². The van der Waals surface area contributed by atoms with Gasteiger partial charge in [0.2, 0.25) is 0 Å². The summed E-state index contributed by atoms with van der Waals surface area (Å²) in [6.07, 6.45) is 3.97. The highest BCUT2D eigenvalue weighted by molar-refractivity contribution is 8.00. The summed E-state index contributed by atoms with van der Waals surface area (Å²) in [6, 6.07) is 4.91. The van der Waals surface area contributed by atoms with Crippen molar-refractivity contribution in [1.29, 1.82) is 0 Å². The Morgan fingerprint density at radius 3 is 2.85 bits per heavy atom. The van der Waals surface area contributed by atoms with Crippen LogP contribution in [0.15, 0.2) is 52.4 Å². The van der Waals surface area contributed by atoms with E-state index in [0.29, 0.717) is 24.4 Å². The van der Waals surface area contributed by atoms with Crippen LogP contribution in [0.25, 0.3) is 5.65 Å². The van der Waals surface area contributed by atoms with Crippen LogP contribution in [0.4, 0.5) is 5.13 Å². The van der Waals surface area contributed by atoms with Crippen LogP contribution in [0.3, 0.4) is 0 Å². The van der Waals surface area contributed by atoms with Crippen molar-refractivity contribution in [1.82, 2.24) is 24.5 Å². The summed E-state index contributed by atoms with van der Waals surface area (Å²) in [5.41, 5.74) is 8.28. The molecule has 5 heterocycles. The second-order valence-corrected chi connectivity index (χ2v) is 11.2. The van der Waals surface area contributed by atoms with Gasteiger partial charge in [0.1, 0.15) is 42.7 Å². The van der Waals surface area contributed by atoms with Crippen molar-refractivity contribution in [2.75, 3.05) is 32.7 Å². The number of carbonyl (C=O) groups is 3. The van der Waals surface area contributed by atoms with Crippen molar-refractivity contribution in [2.45, 2.75) is 24.5 Å². The van der Waals surface area contributed by atoms with Gasteiger partial charge in [-0.1, -0.05) is 11.2 Å². The maximum Gasteiger partial charge on any atom is 0.352 e. The van der Waals surface area contributed by atoms with Crippen LogP contribution in [0.5, 0.6) is 0 Å². The zero-order valence-corrected chi connectivity index (χ0v) is 23.0. The molecule has 2 atom stereocenters. The first-order valence-corrected chi connectivity index (χ1v) is 13.8. The topological polar surface area (TPSA) is 159 Å². The second-order valence-electron chi connectivity index (χ2n) is 9.23. The lowest BCUT2D eigenvalue weighted by atomic mass is 10.0. The third kappa shape index (κ3) is 4.95. The van der Waals surface area contributed by atoms with E-state index in [4.69, 9.17) is 10.6 Å². The van der Waals surface area contributed by atoms with Gasteiger partial charge >= 0.3 is 5.97 Å². The van der Waals surface area contributed by atoms with Crippen molar-refractivity contribution >= 4 is 57.4 Å². The third-order valence-electron chi connectivity index (χ3n) is 6.28. The number of thioether (sulfide) groups is 1. The number of aromatic nitrogens is 3. The normalized spacial score (nSPS) is 19.3. The fraction of sp³-hybridized carbons (Fsp3) is 0.333. The number of β-lactam (4-membered cyclic amide) rings is 1. The molecule has 5 rings (SSSR count). The molecule has 4 N–H and O–H groups in total. The van der Waals surface area contributed by atoms with Gasteiger partial charge in [0.25, 0.3) is 17.5 Å². The molecule has 0 radical (unpaired) electrons. The Kier molecular flexibility index (Phi) is 7.29. The van der Waals surface area contributed by atoms with Crippen LogP contribution < -0.4 is 15.6 Å². The van der Waals surface area contributed by atoms with Gasteiger partial charge in [-0.2, -0.15) is 4.40 Å². The predicted molar refractivity (Wildman–Crippen MR) is 145 cm³/mol. The summed E-state index contributed by atoms with van der Waals surface area (Å²) in [4.78, 5) is 50.7. The zero-order valence-electron chi connectivity index (χ0n) is 21.4. The fourth-order valence-electron chi connectivity index (χ4n) is 4.70.